The van der Waals surface area contributed by atoms with E-state index in [1.807, 2.05) is 13.0 Å². The number of aryl methyl sites for hydroxylation is 2. The van der Waals surface area contributed by atoms with E-state index in [2.05, 4.69) is 15.3 Å². The summed E-state index contributed by atoms with van der Waals surface area (Å²) in [6.45, 7) is 3.60. The highest BCUT2D eigenvalue weighted by atomic mass is 16.5. The molecular formula is C17H15N3O3. The summed E-state index contributed by atoms with van der Waals surface area (Å²) >= 11 is 0. The lowest BCUT2D eigenvalue weighted by Gasteiger charge is -2.10. The Morgan fingerprint density at radius 3 is 2.61 bits per heavy atom. The third-order valence-electron chi connectivity index (χ3n) is 3.27. The second kappa shape index (κ2) is 6.31. The number of pyridine rings is 1. The van der Waals surface area contributed by atoms with Crippen LogP contribution in [0.4, 0.5) is 5.69 Å². The smallest absolute Gasteiger partial charge is 0.277 e. The molecule has 0 atom stereocenters. The molecule has 0 radical (unpaired) electrons. The lowest BCUT2D eigenvalue weighted by atomic mass is 10.2. The van der Waals surface area contributed by atoms with Crippen molar-refractivity contribution in [3.05, 3.63) is 66.1 Å². The maximum Gasteiger partial charge on any atom is 0.277 e. The fourth-order valence-corrected chi connectivity index (χ4v) is 2.09. The molecule has 0 aliphatic rings. The first-order valence-corrected chi connectivity index (χ1v) is 7.03. The van der Waals surface area contributed by atoms with Crippen molar-refractivity contribution in [3.8, 4) is 11.5 Å². The fourth-order valence-electron chi connectivity index (χ4n) is 2.09. The molecule has 0 saturated carbocycles. The Balaban J connectivity index is 1.74. The van der Waals surface area contributed by atoms with Crippen LogP contribution in [-0.4, -0.2) is 15.9 Å². The average molecular weight is 309 g/mol. The van der Waals surface area contributed by atoms with Gasteiger partial charge in [-0.2, -0.15) is 0 Å². The van der Waals surface area contributed by atoms with Gasteiger partial charge < -0.3 is 14.5 Å². The van der Waals surface area contributed by atoms with Crippen molar-refractivity contribution < 1.29 is 13.9 Å². The van der Waals surface area contributed by atoms with Gasteiger partial charge in [-0.1, -0.05) is 0 Å². The second-order valence-electron chi connectivity index (χ2n) is 4.98. The zero-order valence-corrected chi connectivity index (χ0v) is 12.7. The van der Waals surface area contributed by atoms with E-state index >= 15 is 0 Å². The van der Waals surface area contributed by atoms with Crippen LogP contribution in [0, 0.1) is 13.8 Å². The Bertz CT molecular complexity index is 828. The predicted octanol–water partition coefficient (Wildman–Crippen LogP) is 3.73. The number of carbonyl (C=O) groups is 1. The van der Waals surface area contributed by atoms with Gasteiger partial charge in [0.1, 0.15) is 17.3 Å². The minimum Gasteiger partial charge on any atom is -0.457 e. The molecule has 0 fully saturated rings. The van der Waals surface area contributed by atoms with Crippen molar-refractivity contribution in [2.45, 2.75) is 13.8 Å². The van der Waals surface area contributed by atoms with Gasteiger partial charge in [-0.15, -0.1) is 0 Å². The van der Waals surface area contributed by atoms with Crippen molar-refractivity contribution in [1.29, 1.82) is 0 Å². The molecule has 6 nitrogen and oxygen atoms in total. The van der Waals surface area contributed by atoms with Crippen LogP contribution >= 0.6 is 0 Å². The third-order valence-corrected chi connectivity index (χ3v) is 3.27. The van der Waals surface area contributed by atoms with E-state index in [1.165, 1.54) is 6.39 Å². The fraction of sp³-hybridized carbons (Fsp3) is 0.118. The van der Waals surface area contributed by atoms with E-state index in [-0.39, 0.29) is 11.6 Å². The van der Waals surface area contributed by atoms with Gasteiger partial charge in [0.2, 0.25) is 0 Å². The first-order chi connectivity index (χ1) is 11.1. The number of rotatable bonds is 4. The summed E-state index contributed by atoms with van der Waals surface area (Å²) in [7, 11) is 0. The molecule has 2 aromatic heterocycles. The van der Waals surface area contributed by atoms with Crippen LogP contribution in [0.5, 0.6) is 11.5 Å². The molecule has 0 aliphatic carbocycles. The first kappa shape index (κ1) is 14.8. The summed E-state index contributed by atoms with van der Waals surface area (Å²) in [5.74, 6) is 1.60. The lowest BCUT2D eigenvalue weighted by Crippen LogP contribution is -2.13. The van der Waals surface area contributed by atoms with Crippen LogP contribution in [-0.2, 0) is 0 Å². The average Bonchev–Trinajstić information content (AvgIpc) is 2.97. The van der Waals surface area contributed by atoms with Crippen molar-refractivity contribution in [2.24, 2.45) is 0 Å². The van der Waals surface area contributed by atoms with Gasteiger partial charge >= 0.3 is 0 Å². The summed E-state index contributed by atoms with van der Waals surface area (Å²) in [6.07, 6.45) is 4.58. The molecule has 116 valence electrons. The number of amides is 1. The monoisotopic (exact) mass is 309 g/mol. The maximum atomic E-state index is 12.1. The number of aromatic nitrogens is 2. The van der Waals surface area contributed by atoms with E-state index in [0.717, 1.165) is 5.56 Å². The van der Waals surface area contributed by atoms with Crippen LogP contribution in [0.15, 0.2) is 53.5 Å². The SMILES string of the molecule is Cc1cc(NC(=O)c2ncoc2C)ccc1Oc1ccncc1. The molecule has 0 unspecified atom stereocenters. The molecule has 2 heterocycles. The van der Waals surface area contributed by atoms with Gasteiger partial charge in [-0.05, 0) is 49.7 Å². The van der Waals surface area contributed by atoms with Gasteiger partial charge in [0.05, 0.1) is 0 Å². The zero-order chi connectivity index (χ0) is 16.2. The van der Waals surface area contributed by atoms with Gasteiger partial charge in [0.25, 0.3) is 5.91 Å². The largest absolute Gasteiger partial charge is 0.457 e. The summed E-state index contributed by atoms with van der Waals surface area (Å²) in [4.78, 5) is 20.0. The zero-order valence-electron chi connectivity index (χ0n) is 12.7. The van der Waals surface area contributed by atoms with E-state index < -0.39 is 0 Å². The first-order valence-electron chi connectivity index (χ1n) is 7.03. The number of nitrogens with one attached hydrogen (secondary N) is 1. The van der Waals surface area contributed by atoms with Crippen LogP contribution in [0.3, 0.4) is 0 Å². The number of hydrogen-bond acceptors (Lipinski definition) is 5. The van der Waals surface area contributed by atoms with E-state index in [9.17, 15) is 4.79 Å². The number of anilines is 1. The van der Waals surface area contributed by atoms with Crippen LogP contribution < -0.4 is 10.1 Å². The van der Waals surface area contributed by atoms with Gasteiger partial charge in [0.15, 0.2) is 12.1 Å². The third kappa shape index (κ3) is 3.37. The molecule has 6 heteroatoms. The van der Waals surface area contributed by atoms with E-state index in [1.54, 1.807) is 43.6 Å². The normalized spacial score (nSPS) is 10.3. The number of benzene rings is 1. The molecule has 0 saturated heterocycles. The summed E-state index contributed by atoms with van der Waals surface area (Å²) < 4.78 is 10.8. The summed E-state index contributed by atoms with van der Waals surface area (Å²) in [5, 5.41) is 2.79. The Kier molecular flexibility index (Phi) is 4.05. The minimum absolute atomic E-state index is 0.278. The van der Waals surface area contributed by atoms with E-state index in [0.29, 0.717) is 22.9 Å². The van der Waals surface area contributed by atoms with Gasteiger partial charge in [-0.3, -0.25) is 9.78 Å². The van der Waals surface area contributed by atoms with Gasteiger partial charge in [0, 0.05) is 18.1 Å². The number of hydrogen-bond donors (Lipinski definition) is 1. The second-order valence-corrected chi connectivity index (χ2v) is 4.98. The van der Waals surface area contributed by atoms with E-state index in [4.69, 9.17) is 9.15 Å². The highest BCUT2D eigenvalue weighted by Gasteiger charge is 2.14. The molecule has 3 aromatic rings. The molecule has 1 amide bonds. The number of oxazole rings is 1. The molecule has 23 heavy (non-hydrogen) atoms. The maximum absolute atomic E-state index is 12.1. The standard InChI is InChI=1S/C17H15N3O3/c1-11-9-13(20-17(21)16-12(2)22-10-19-16)3-4-15(11)23-14-5-7-18-8-6-14/h3-10H,1-2H3,(H,20,21). The van der Waals surface area contributed by atoms with Crippen molar-refractivity contribution in [3.63, 3.8) is 0 Å². The number of nitrogens with zero attached hydrogens (tertiary/aromatic N) is 2. The number of carbonyl (C=O) groups excluding carboxylic acids is 1. The highest BCUT2D eigenvalue weighted by Crippen LogP contribution is 2.27. The lowest BCUT2D eigenvalue weighted by molar-refractivity contribution is 0.102. The van der Waals surface area contributed by atoms with Gasteiger partial charge in [-0.25, -0.2) is 4.98 Å². The molecule has 0 aliphatic heterocycles. The predicted molar refractivity (Wildman–Crippen MR) is 84.7 cm³/mol. The van der Waals surface area contributed by atoms with Crippen molar-refractivity contribution >= 4 is 11.6 Å². The van der Waals surface area contributed by atoms with Crippen LogP contribution in [0.2, 0.25) is 0 Å². The minimum atomic E-state index is -0.307. The topological polar surface area (TPSA) is 77.2 Å². The summed E-state index contributed by atoms with van der Waals surface area (Å²) in [6, 6.07) is 8.98. The summed E-state index contributed by atoms with van der Waals surface area (Å²) in [5.41, 5.74) is 1.84. The molecular weight excluding hydrogens is 294 g/mol. The Hall–Kier alpha value is -3.15. The Labute approximate surface area is 133 Å². The Morgan fingerprint density at radius 2 is 1.96 bits per heavy atom. The van der Waals surface area contributed by atoms with Crippen molar-refractivity contribution in [1.82, 2.24) is 9.97 Å². The Morgan fingerprint density at radius 1 is 1.17 bits per heavy atom. The number of ether oxygens (including phenoxy) is 1. The van der Waals surface area contributed by atoms with Crippen molar-refractivity contribution in [2.75, 3.05) is 5.32 Å². The highest BCUT2D eigenvalue weighted by molar-refractivity contribution is 6.03. The molecule has 3 rings (SSSR count). The van der Waals surface area contributed by atoms with Crippen LogP contribution in [0.25, 0.3) is 0 Å². The molecule has 1 aromatic carbocycles. The van der Waals surface area contributed by atoms with Crippen LogP contribution in [0.1, 0.15) is 21.8 Å². The molecule has 0 bridgehead atoms. The molecule has 0 spiro atoms. The molecule has 1 N–H and O–H groups in total. The quantitative estimate of drug-likeness (QED) is 0.794.